The van der Waals surface area contributed by atoms with Crippen LogP contribution in [0.15, 0.2) is 24.3 Å². The number of nitrogens with zero attached hydrogens (tertiary/aromatic N) is 1. The first-order chi connectivity index (χ1) is 10.3. The van der Waals surface area contributed by atoms with Crippen LogP contribution in [0.5, 0.6) is 5.75 Å². The second kappa shape index (κ2) is 8.67. The standard InChI is InChI=1S/C17H26N2O2/c1-2-18-13-15-8-7-9-16(12-15)21-14-17(20)19-10-5-3-4-6-11-19/h7-9,12,18H,2-6,10-11,13-14H2,1H3. The van der Waals surface area contributed by atoms with Gasteiger partial charge in [0.2, 0.25) is 0 Å². The molecule has 0 saturated carbocycles. The zero-order valence-electron chi connectivity index (χ0n) is 12.9. The highest BCUT2D eigenvalue weighted by Crippen LogP contribution is 2.14. The molecule has 0 unspecified atom stereocenters. The van der Waals surface area contributed by atoms with E-state index in [4.69, 9.17) is 4.74 Å². The van der Waals surface area contributed by atoms with Crippen molar-refractivity contribution in [1.82, 2.24) is 10.2 Å². The lowest BCUT2D eigenvalue weighted by atomic mass is 10.2. The maximum Gasteiger partial charge on any atom is 0.260 e. The van der Waals surface area contributed by atoms with Crippen molar-refractivity contribution in [1.29, 1.82) is 0 Å². The van der Waals surface area contributed by atoms with Gasteiger partial charge in [-0.05, 0) is 37.1 Å². The fourth-order valence-corrected chi connectivity index (χ4v) is 2.57. The number of rotatable bonds is 6. The fourth-order valence-electron chi connectivity index (χ4n) is 2.57. The van der Waals surface area contributed by atoms with E-state index < -0.39 is 0 Å². The van der Waals surface area contributed by atoms with Gasteiger partial charge in [0.05, 0.1) is 0 Å². The van der Waals surface area contributed by atoms with Gasteiger partial charge in [0.25, 0.3) is 5.91 Å². The van der Waals surface area contributed by atoms with E-state index in [1.165, 1.54) is 18.4 Å². The quantitative estimate of drug-likeness (QED) is 0.875. The van der Waals surface area contributed by atoms with E-state index in [1.807, 2.05) is 23.1 Å². The Hall–Kier alpha value is -1.55. The van der Waals surface area contributed by atoms with Gasteiger partial charge in [-0.3, -0.25) is 4.79 Å². The summed E-state index contributed by atoms with van der Waals surface area (Å²) in [6.07, 6.45) is 4.70. The molecule has 21 heavy (non-hydrogen) atoms. The van der Waals surface area contributed by atoms with E-state index in [0.29, 0.717) is 0 Å². The van der Waals surface area contributed by atoms with Gasteiger partial charge in [0.1, 0.15) is 5.75 Å². The molecule has 1 aromatic carbocycles. The molecule has 1 aliphatic rings. The highest BCUT2D eigenvalue weighted by molar-refractivity contribution is 5.77. The van der Waals surface area contributed by atoms with Crippen LogP contribution in [0.25, 0.3) is 0 Å². The van der Waals surface area contributed by atoms with Crippen molar-refractivity contribution in [2.24, 2.45) is 0 Å². The molecule has 1 saturated heterocycles. The number of carbonyl (C=O) groups excluding carboxylic acids is 1. The number of likely N-dealkylation sites (tertiary alicyclic amines) is 1. The minimum absolute atomic E-state index is 0.106. The van der Waals surface area contributed by atoms with Crippen molar-refractivity contribution >= 4 is 5.91 Å². The summed E-state index contributed by atoms with van der Waals surface area (Å²) in [4.78, 5) is 14.1. The number of benzene rings is 1. The van der Waals surface area contributed by atoms with Crippen LogP contribution >= 0.6 is 0 Å². The zero-order valence-corrected chi connectivity index (χ0v) is 12.9. The van der Waals surface area contributed by atoms with Crippen LogP contribution in [-0.2, 0) is 11.3 Å². The number of ether oxygens (including phenoxy) is 1. The van der Waals surface area contributed by atoms with E-state index in [-0.39, 0.29) is 12.5 Å². The summed E-state index contributed by atoms with van der Waals surface area (Å²) in [5.41, 5.74) is 1.18. The Morgan fingerprint density at radius 2 is 2.00 bits per heavy atom. The topological polar surface area (TPSA) is 41.6 Å². The van der Waals surface area contributed by atoms with Crippen LogP contribution in [0.1, 0.15) is 38.2 Å². The van der Waals surface area contributed by atoms with E-state index >= 15 is 0 Å². The van der Waals surface area contributed by atoms with E-state index in [0.717, 1.165) is 44.8 Å². The van der Waals surface area contributed by atoms with E-state index in [2.05, 4.69) is 18.3 Å². The average molecular weight is 290 g/mol. The largest absolute Gasteiger partial charge is 0.484 e. The Labute approximate surface area is 127 Å². The Bertz CT molecular complexity index is 440. The predicted molar refractivity (Wildman–Crippen MR) is 84.4 cm³/mol. The molecular weight excluding hydrogens is 264 g/mol. The summed E-state index contributed by atoms with van der Waals surface area (Å²) >= 11 is 0. The lowest BCUT2D eigenvalue weighted by Gasteiger charge is -2.20. The summed E-state index contributed by atoms with van der Waals surface area (Å²) in [6, 6.07) is 7.94. The van der Waals surface area contributed by atoms with Crippen molar-refractivity contribution in [2.75, 3.05) is 26.2 Å². The second-order valence-corrected chi connectivity index (χ2v) is 5.51. The number of hydrogen-bond donors (Lipinski definition) is 1. The maximum atomic E-state index is 12.2. The molecule has 1 N–H and O–H groups in total. The molecule has 0 radical (unpaired) electrons. The molecule has 116 valence electrons. The van der Waals surface area contributed by atoms with Gasteiger partial charge < -0.3 is 15.0 Å². The first-order valence-corrected chi connectivity index (χ1v) is 8.00. The van der Waals surface area contributed by atoms with Crippen molar-refractivity contribution in [2.45, 2.75) is 39.2 Å². The molecule has 1 fully saturated rings. The van der Waals surface area contributed by atoms with Crippen LogP contribution in [0.4, 0.5) is 0 Å². The third kappa shape index (κ3) is 5.38. The molecule has 4 heteroatoms. The summed E-state index contributed by atoms with van der Waals surface area (Å²) < 4.78 is 5.66. The van der Waals surface area contributed by atoms with E-state index in [1.54, 1.807) is 0 Å². The smallest absolute Gasteiger partial charge is 0.260 e. The molecule has 0 aromatic heterocycles. The van der Waals surface area contributed by atoms with Gasteiger partial charge in [-0.2, -0.15) is 0 Å². The second-order valence-electron chi connectivity index (χ2n) is 5.51. The average Bonchev–Trinajstić information content (AvgIpc) is 2.80. The fraction of sp³-hybridized carbons (Fsp3) is 0.588. The van der Waals surface area contributed by atoms with Crippen LogP contribution in [0, 0.1) is 0 Å². The van der Waals surface area contributed by atoms with Crippen molar-refractivity contribution in [3.63, 3.8) is 0 Å². The van der Waals surface area contributed by atoms with Gasteiger partial charge in [-0.15, -0.1) is 0 Å². The molecule has 1 amide bonds. The SMILES string of the molecule is CCNCc1cccc(OCC(=O)N2CCCCCC2)c1. The summed E-state index contributed by atoms with van der Waals surface area (Å²) in [5.74, 6) is 0.877. The lowest BCUT2D eigenvalue weighted by molar-refractivity contribution is -0.133. The van der Waals surface area contributed by atoms with Gasteiger partial charge in [-0.25, -0.2) is 0 Å². The summed E-state index contributed by atoms with van der Waals surface area (Å²) in [7, 11) is 0. The van der Waals surface area contributed by atoms with Gasteiger partial charge in [0, 0.05) is 19.6 Å². The highest BCUT2D eigenvalue weighted by Gasteiger charge is 2.15. The number of hydrogen-bond acceptors (Lipinski definition) is 3. The molecule has 0 aliphatic carbocycles. The van der Waals surface area contributed by atoms with Gasteiger partial charge in [0.15, 0.2) is 6.61 Å². The molecule has 1 aromatic rings. The first-order valence-electron chi connectivity index (χ1n) is 8.00. The monoisotopic (exact) mass is 290 g/mol. The molecule has 4 nitrogen and oxygen atoms in total. The van der Waals surface area contributed by atoms with Crippen LogP contribution in [-0.4, -0.2) is 37.0 Å². The molecule has 0 bridgehead atoms. The van der Waals surface area contributed by atoms with Crippen molar-refractivity contribution in [3.05, 3.63) is 29.8 Å². The van der Waals surface area contributed by atoms with Gasteiger partial charge >= 0.3 is 0 Å². The number of amides is 1. The van der Waals surface area contributed by atoms with Crippen LogP contribution in [0.3, 0.4) is 0 Å². The Kier molecular flexibility index (Phi) is 6.54. The first kappa shape index (κ1) is 15.8. The van der Waals surface area contributed by atoms with Gasteiger partial charge in [-0.1, -0.05) is 31.9 Å². The third-order valence-corrected chi connectivity index (χ3v) is 3.80. The molecule has 0 spiro atoms. The Balaban J connectivity index is 1.82. The molecule has 2 rings (SSSR count). The minimum atomic E-state index is 0.106. The summed E-state index contributed by atoms with van der Waals surface area (Å²) in [6.45, 7) is 5.75. The van der Waals surface area contributed by atoms with Crippen molar-refractivity contribution in [3.8, 4) is 5.75 Å². The predicted octanol–water partition coefficient (Wildman–Crippen LogP) is 2.58. The van der Waals surface area contributed by atoms with E-state index in [9.17, 15) is 4.79 Å². The normalized spacial score (nSPS) is 15.6. The van der Waals surface area contributed by atoms with Crippen molar-refractivity contribution < 1.29 is 9.53 Å². The number of carbonyl (C=O) groups is 1. The lowest BCUT2D eigenvalue weighted by Crippen LogP contribution is -2.35. The third-order valence-electron chi connectivity index (χ3n) is 3.80. The maximum absolute atomic E-state index is 12.2. The van der Waals surface area contributed by atoms with Crippen LogP contribution in [0.2, 0.25) is 0 Å². The molecule has 0 atom stereocenters. The molecule has 1 heterocycles. The molecule has 1 aliphatic heterocycles. The number of nitrogens with one attached hydrogen (secondary N) is 1. The highest BCUT2D eigenvalue weighted by atomic mass is 16.5. The Morgan fingerprint density at radius 3 is 2.71 bits per heavy atom. The summed E-state index contributed by atoms with van der Waals surface area (Å²) in [5, 5.41) is 3.28. The van der Waals surface area contributed by atoms with Crippen LogP contribution < -0.4 is 10.1 Å². The minimum Gasteiger partial charge on any atom is -0.484 e. The zero-order chi connectivity index (χ0) is 14.9. The molecular formula is C17H26N2O2. The Morgan fingerprint density at radius 1 is 1.24 bits per heavy atom.